The topological polar surface area (TPSA) is 144 Å². The molecule has 0 aliphatic heterocycles. The number of anilines is 1. The van der Waals surface area contributed by atoms with E-state index in [0.29, 0.717) is 10.7 Å². The third kappa shape index (κ3) is 6.86. The Kier molecular flexibility index (Phi) is 8.69. The molecule has 4 N–H and O–H groups in total. The number of rotatable bonds is 10. The van der Waals surface area contributed by atoms with Crippen molar-refractivity contribution in [3.8, 4) is 5.75 Å². The lowest BCUT2D eigenvalue weighted by Crippen LogP contribution is -2.19. The van der Waals surface area contributed by atoms with Gasteiger partial charge >= 0.3 is 5.97 Å². The number of hydrogen-bond acceptors (Lipinski definition) is 7. The van der Waals surface area contributed by atoms with Gasteiger partial charge in [0.15, 0.2) is 12.4 Å². The molecule has 0 saturated heterocycles. The molecule has 1 aromatic heterocycles. The van der Waals surface area contributed by atoms with E-state index >= 15 is 0 Å². The van der Waals surface area contributed by atoms with Gasteiger partial charge in [0, 0.05) is 23.0 Å². The summed E-state index contributed by atoms with van der Waals surface area (Å²) >= 11 is 5.85. The number of hydrogen-bond donors (Lipinski definition) is 3. The van der Waals surface area contributed by atoms with E-state index in [0.717, 1.165) is 6.07 Å². The summed E-state index contributed by atoms with van der Waals surface area (Å²) in [5.41, 5.74) is 5.76. The van der Waals surface area contributed by atoms with E-state index in [1.54, 1.807) is 19.1 Å². The van der Waals surface area contributed by atoms with Crippen LogP contribution in [-0.2, 0) is 16.0 Å². The molecule has 0 fully saturated rings. The number of nitrogens with zero attached hydrogens (tertiary/aromatic N) is 1. The highest BCUT2D eigenvalue weighted by molar-refractivity contribution is 6.30. The summed E-state index contributed by atoms with van der Waals surface area (Å²) in [4.78, 5) is 41.7. The Balaban J connectivity index is 1.89. The average molecular weight is 513 g/mol. The van der Waals surface area contributed by atoms with Crippen LogP contribution in [0.2, 0.25) is 5.02 Å². The third-order valence-corrected chi connectivity index (χ3v) is 5.08. The van der Waals surface area contributed by atoms with E-state index in [2.05, 4.69) is 10.3 Å². The molecule has 0 saturated carbocycles. The minimum absolute atomic E-state index is 0.0576. The third-order valence-electron chi connectivity index (χ3n) is 4.86. The molecule has 186 valence electrons. The number of nitrogens with one attached hydrogen (secondary N) is 2. The highest BCUT2D eigenvalue weighted by atomic mass is 35.5. The largest absolute Gasteiger partial charge is 0.482 e. The first-order valence-electron chi connectivity index (χ1n) is 10.7. The van der Waals surface area contributed by atoms with Gasteiger partial charge in [-0.15, -0.1) is 0 Å². The lowest BCUT2D eigenvalue weighted by Gasteiger charge is -2.14. The first-order valence-corrected chi connectivity index (χ1v) is 11.1. The van der Waals surface area contributed by atoms with E-state index in [4.69, 9.17) is 32.2 Å². The van der Waals surface area contributed by atoms with Crippen molar-refractivity contribution in [1.82, 2.24) is 4.98 Å². The molecule has 11 heteroatoms. The Labute approximate surface area is 210 Å². The smallest absolute Gasteiger partial charge is 0.344 e. The number of carbonyl (C=O) groups is 3. The number of nitrogens with two attached hydrogens (primary N) is 1. The monoisotopic (exact) mass is 512 g/mol. The summed E-state index contributed by atoms with van der Waals surface area (Å²) in [5.74, 6) is -2.87. The van der Waals surface area contributed by atoms with Crippen molar-refractivity contribution >= 4 is 40.8 Å². The molecule has 0 aliphatic rings. The number of amides is 1. The van der Waals surface area contributed by atoms with Crippen molar-refractivity contribution in [2.45, 2.75) is 13.3 Å². The van der Waals surface area contributed by atoms with E-state index in [9.17, 15) is 18.8 Å². The number of ether oxygens (including phenoxy) is 2. The summed E-state index contributed by atoms with van der Waals surface area (Å²) in [7, 11) is 0. The maximum atomic E-state index is 14.5. The van der Waals surface area contributed by atoms with Crippen molar-refractivity contribution in [3.05, 3.63) is 88.0 Å². The van der Waals surface area contributed by atoms with Crippen molar-refractivity contribution in [2.75, 3.05) is 18.5 Å². The lowest BCUT2D eigenvalue weighted by molar-refractivity contribution is -0.145. The summed E-state index contributed by atoms with van der Waals surface area (Å²) in [6.07, 6.45) is 1.28. The van der Waals surface area contributed by atoms with Crippen molar-refractivity contribution in [1.29, 1.82) is 5.41 Å². The molecule has 3 aromatic rings. The fraction of sp³-hybridized carbons (Fsp3) is 0.160. The van der Waals surface area contributed by atoms with Crippen LogP contribution in [0.1, 0.15) is 38.9 Å². The number of aromatic nitrogens is 1. The van der Waals surface area contributed by atoms with Gasteiger partial charge in [-0.3, -0.25) is 20.0 Å². The molecule has 0 bridgehead atoms. The van der Waals surface area contributed by atoms with Crippen LogP contribution in [0.25, 0.3) is 0 Å². The van der Waals surface area contributed by atoms with Crippen molar-refractivity contribution in [3.63, 3.8) is 0 Å². The van der Waals surface area contributed by atoms with Gasteiger partial charge < -0.3 is 20.5 Å². The van der Waals surface area contributed by atoms with Gasteiger partial charge in [0.2, 0.25) is 0 Å². The number of ketones is 1. The van der Waals surface area contributed by atoms with Crippen LogP contribution in [0.3, 0.4) is 0 Å². The zero-order chi connectivity index (χ0) is 26.2. The molecule has 3 rings (SSSR count). The van der Waals surface area contributed by atoms with E-state index in [-0.39, 0.29) is 53.6 Å². The fourth-order valence-electron chi connectivity index (χ4n) is 3.12. The summed E-state index contributed by atoms with van der Waals surface area (Å²) in [5, 5.41) is 10.3. The Hall–Kier alpha value is -4.31. The molecule has 1 heterocycles. The first-order chi connectivity index (χ1) is 17.2. The van der Waals surface area contributed by atoms with Gasteiger partial charge in [0.1, 0.15) is 17.4 Å². The zero-order valence-corrected chi connectivity index (χ0v) is 19.9. The number of amidine groups is 1. The maximum Gasteiger partial charge on any atom is 0.344 e. The number of esters is 1. The van der Waals surface area contributed by atoms with Gasteiger partial charge in [-0.05, 0) is 49.4 Å². The summed E-state index contributed by atoms with van der Waals surface area (Å²) < 4.78 is 24.7. The van der Waals surface area contributed by atoms with Crippen LogP contribution in [0.5, 0.6) is 5.75 Å². The number of pyridine rings is 1. The fourth-order valence-corrected chi connectivity index (χ4v) is 3.24. The second kappa shape index (κ2) is 11.9. The summed E-state index contributed by atoms with van der Waals surface area (Å²) in [6, 6.07) is 10.9. The molecular weight excluding hydrogens is 491 g/mol. The van der Waals surface area contributed by atoms with Crippen LogP contribution in [0.4, 0.5) is 10.1 Å². The number of halogens is 2. The Morgan fingerprint density at radius 3 is 2.53 bits per heavy atom. The molecule has 0 radical (unpaired) electrons. The van der Waals surface area contributed by atoms with Gasteiger partial charge in [-0.25, -0.2) is 9.18 Å². The second-order valence-corrected chi connectivity index (χ2v) is 7.87. The number of carbonyl (C=O) groups excluding carboxylic acids is 3. The molecule has 0 spiro atoms. The molecule has 9 nitrogen and oxygen atoms in total. The van der Waals surface area contributed by atoms with Crippen LogP contribution in [-0.4, -0.2) is 41.7 Å². The molecular formula is C25H22ClFN4O5. The molecule has 36 heavy (non-hydrogen) atoms. The average Bonchev–Trinajstić information content (AvgIpc) is 2.84. The quantitative estimate of drug-likeness (QED) is 0.162. The van der Waals surface area contributed by atoms with Gasteiger partial charge in [0.05, 0.1) is 29.3 Å². The zero-order valence-electron chi connectivity index (χ0n) is 19.1. The van der Waals surface area contributed by atoms with E-state index < -0.39 is 23.5 Å². The minimum atomic E-state index is -0.882. The van der Waals surface area contributed by atoms with E-state index in [1.165, 1.54) is 36.5 Å². The van der Waals surface area contributed by atoms with E-state index in [1.807, 2.05) is 0 Å². The molecule has 2 aromatic carbocycles. The van der Waals surface area contributed by atoms with Crippen molar-refractivity contribution in [2.24, 2.45) is 5.73 Å². The predicted molar refractivity (Wildman–Crippen MR) is 131 cm³/mol. The molecule has 1 amide bonds. The first kappa shape index (κ1) is 26.3. The lowest BCUT2D eigenvalue weighted by atomic mass is 10.0. The van der Waals surface area contributed by atoms with Crippen LogP contribution >= 0.6 is 11.6 Å². The van der Waals surface area contributed by atoms with Gasteiger partial charge in [-0.1, -0.05) is 17.7 Å². The Bertz CT molecular complexity index is 1310. The maximum absolute atomic E-state index is 14.5. The van der Waals surface area contributed by atoms with Gasteiger partial charge in [0.25, 0.3) is 5.91 Å². The number of benzene rings is 2. The Morgan fingerprint density at radius 2 is 1.89 bits per heavy atom. The summed E-state index contributed by atoms with van der Waals surface area (Å²) in [6.45, 7) is 1.47. The Morgan fingerprint density at radius 1 is 1.11 bits per heavy atom. The highest BCUT2D eigenvalue weighted by Gasteiger charge is 2.19. The van der Waals surface area contributed by atoms with Crippen LogP contribution < -0.4 is 15.8 Å². The second-order valence-electron chi connectivity index (χ2n) is 7.43. The molecule has 0 unspecified atom stereocenters. The van der Waals surface area contributed by atoms with Gasteiger partial charge in [-0.2, -0.15) is 0 Å². The molecule has 0 atom stereocenters. The van der Waals surface area contributed by atoms with Crippen LogP contribution in [0.15, 0.2) is 54.7 Å². The van der Waals surface area contributed by atoms with Crippen LogP contribution in [0, 0.1) is 11.2 Å². The predicted octanol–water partition coefficient (Wildman–Crippen LogP) is 3.78. The van der Waals surface area contributed by atoms with Crippen molar-refractivity contribution < 1.29 is 28.2 Å². The number of Topliss-reactive ketones (excluding diaryl/α,β-unsaturated/α-hetero) is 1. The number of nitrogen functional groups attached to an aromatic ring is 1. The SMILES string of the molecule is CCOC(=O)COc1ccc(NC(=O)c2ccc(C(=N)N)cc2F)c(C(=O)Cc2ccc(Cl)cn2)c1. The highest BCUT2D eigenvalue weighted by Crippen LogP contribution is 2.25. The molecule has 0 aliphatic carbocycles. The standard InChI is InChI=1S/C25H22ClFN4O5/c1-2-35-23(33)13-36-17-6-8-21(19(11-17)22(32)10-16-5-4-15(26)12-30-16)31-25(34)18-7-3-14(24(28)29)9-20(18)27/h3-9,11-12H,2,10,13H2,1H3,(H3,28,29)(H,31,34). The normalized spacial score (nSPS) is 10.4. The minimum Gasteiger partial charge on any atom is -0.482 e.